The van der Waals surface area contributed by atoms with Gasteiger partial charge in [-0.1, -0.05) is 44.2 Å². The zero-order valence-electron chi connectivity index (χ0n) is 27.7. The van der Waals surface area contributed by atoms with Crippen molar-refractivity contribution in [1.29, 1.82) is 0 Å². The molecule has 3 N–H and O–H groups in total. The molecule has 1 aromatic carbocycles. The van der Waals surface area contributed by atoms with Gasteiger partial charge in [-0.2, -0.15) is 0 Å². The van der Waals surface area contributed by atoms with Crippen molar-refractivity contribution < 1.29 is 47.6 Å². The van der Waals surface area contributed by atoms with E-state index >= 15 is 0 Å². The number of amides is 3. The van der Waals surface area contributed by atoms with Crippen molar-refractivity contribution in [2.75, 3.05) is 6.61 Å². The number of benzene rings is 1. The molecule has 45 heavy (non-hydrogen) atoms. The smallest absolute Gasteiger partial charge is 0.408 e. The van der Waals surface area contributed by atoms with E-state index in [1.165, 1.54) is 6.92 Å². The minimum absolute atomic E-state index is 0.151. The summed E-state index contributed by atoms with van der Waals surface area (Å²) in [6.45, 7) is 15.8. The average Bonchev–Trinajstić information content (AvgIpc) is 3.40. The van der Waals surface area contributed by atoms with E-state index in [0.717, 1.165) is 5.56 Å². The Morgan fingerprint density at radius 1 is 0.956 bits per heavy atom. The van der Waals surface area contributed by atoms with Crippen molar-refractivity contribution in [2.45, 2.75) is 129 Å². The maximum Gasteiger partial charge on any atom is 0.408 e. The summed E-state index contributed by atoms with van der Waals surface area (Å²) in [7, 11) is 0. The third kappa shape index (κ3) is 10.7. The molecule has 2 heterocycles. The SMILES string of the molecule is CCOC(=O)C[C@H](NC(=O)[C@@H](NC(=O)[C@H](C)NC(=O)OC(C)(C)C)C(C)C)[C@H]1O[C@@H]2OC(C)(C)O[C@@H]2[C@H]1OCc1ccccc1. The number of ether oxygens (including phenoxy) is 6. The van der Waals surface area contributed by atoms with Crippen molar-refractivity contribution in [3.8, 4) is 0 Å². The quantitative estimate of drug-likeness (QED) is 0.275. The summed E-state index contributed by atoms with van der Waals surface area (Å²) in [4.78, 5) is 51.7. The maximum absolute atomic E-state index is 13.7. The fourth-order valence-corrected chi connectivity index (χ4v) is 5.07. The molecule has 13 nitrogen and oxygen atoms in total. The highest BCUT2D eigenvalue weighted by atomic mass is 16.8. The first kappa shape index (κ1) is 36.2. The van der Waals surface area contributed by atoms with Gasteiger partial charge in [0.05, 0.1) is 25.7 Å². The fraction of sp³-hybridized carbons (Fsp3) is 0.688. The van der Waals surface area contributed by atoms with Crippen LogP contribution in [-0.2, 0) is 49.4 Å². The molecule has 3 rings (SSSR count). The lowest BCUT2D eigenvalue weighted by molar-refractivity contribution is -0.223. The van der Waals surface area contributed by atoms with Gasteiger partial charge in [0.1, 0.15) is 36.0 Å². The van der Waals surface area contributed by atoms with Crippen LogP contribution in [-0.4, -0.2) is 84.6 Å². The summed E-state index contributed by atoms with van der Waals surface area (Å²) < 4.78 is 35.1. The molecule has 2 saturated heterocycles. The summed E-state index contributed by atoms with van der Waals surface area (Å²) in [6, 6.07) is 6.62. The molecule has 0 bridgehead atoms. The predicted molar refractivity (Wildman–Crippen MR) is 162 cm³/mol. The van der Waals surface area contributed by atoms with Gasteiger partial charge in [0.25, 0.3) is 0 Å². The fourth-order valence-electron chi connectivity index (χ4n) is 5.07. The molecule has 0 unspecified atom stereocenters. The minimum atomic E-state index is -1.01. The highest BCUT2D eigenvalue weighted by molar-refractivity contribution is 5.91. The number of nitrogens with one attached hydrogen (secondary N) is 3. The Kier molecular flexibility index (Phi) is 12.4. The Labute approximate surface area is 265 Å². The van der Waals surface area contributed by atoms with Gasteiger partial charge in [-0.05, 0) is 59.9 Å². The lowest BCUT2D eigenvalue weighted by Crippen LogP contribution is -2.59. The summed E-state index contributed by atoms with van der Waals surface area (Å²) in [5, 5.41) is 8.09. The van der Waals surface area contributed by atoms with Gasteiger partial charge < -0.3 is 44.4 Å². The zero-order chi connectivity index (χ0) is 33.5. The van der Waals surface area contributed by atoms with E-state index in [2.05, 4.69) is 16.0 Å². The van der Waals surface area contributed by atoms with Gasteiger partial charge in [0, 0.05) is 0 Å². The first-order chi connectivity index (χ1) is 21.0. The van der Waals surface area contributed by atoms with Crippen LogP contribution in [0.15, 0.2) is 30.3 Å². The van der Waals surface area contributed by atoms with Crippen molar-refractivity contribution in [1.82, 2.24) is 16.0 Å². The summed E-state index contributed by atoms with van der Waals surface area (Å²) in [5.74, 6) is -2.97. The van der Waals surface area contributed by atoms with Crippen LogP contribution < -0.4 is 16.0 Å². The number of alkyl carbamates (subject to hydrolysis) is 1. The molecule has 0 aliphatic carbocycles. The second-order valence-electron chi connectivity index (χ2n) is 13.1. The number of rotatable bonds is 13. The Bertz CT molecular complexity index is 1170. The number of carbonyl (C=O) groups is 4. The van der Waals surface area contributed by atoms with E-state index in [1.54, 1.807) is 55.4 Å². The van der Waals surface area contributed by atoms with Crippen LogP contribution in [0.1, 0.15) is 74.3 Å². The monoisotopic (exact) mass is 635 g/mol. The van der Waals surface area contributed by atoms with E-state index in [4.69, 9.17) is 28.4 Å². The summed E-state index contributed by atoms with van der Waals surface area (Å²) in [5.41, 5.74) is 0.171. The van der Waals surface area contributed by atoms with E-state index in [1.807, 2.05) is 30.3 Å². The van der Waals surface area contributed by atoms with E-state index in [-0.39, 0.29) is 25.6 Å². The standard InChI is InChI=1S/C32H49N3O10/c1-10-40-22(36)16-21(34-28(38)23(18(2)3)35-27(37)19(4)33-30(39)45-31(5,6)7)24-25(41-17-20-14-12-11-13-15-20)26-29(42-24)44-32(8,9)43-26/h11-15,18-19,21,23-26,29H,10,16-17H2,1-9H3,(H,33,39)(H,34,38)(H,35,37)/t19-,21-,23-,24+,25-,26+,29+/m0/s1. The zero-order valence-corrected chi connectivity index (χ0v) is 27.7. The number of hydrogen-bond acceptors (Lipinski definition) is 10. The van der Waals surface area contributed by atoms with Gasteiger partial charge in [0.15, 0.2) is 12.1 Å². The molecule has 0 saturated carbocycles. The van der Waals surface area contributed by atoms with Gasteiger partial charge in [-0.15, -0.1) is 0 Å². The number of esters is 1. The molecule has 252 valence electrons. The van der Waals surface area contributed by atoms with E-state index < -0.39 is 78.0 Å². The molecule has 3 amide bonds. The number of hydrogen-bond donors (Lipinski definition) is 3. The molecule has 1 aromatic rings. The lowest BCUT2D eigenvalue weighted by Gasteiger charge is -2.33. The van der Waals surface area contributed by atoms with Crippen molar-refractivity contribution in [3.05, 3.63) is 35.9 Å². The molecule has 2 aliphatic heterocycles. The highest BCUT2D eigenvalue weighted by Crippen LogP contribution is 2.40. The van der Waals surface area contributed by atoms with Crippen LogP contribution in [0.25, 0.3) is 0 Å². The van der Waals surface area contributed by atoms with Crippen LogP contribution in [0.5, 0.6) is 0 Å². The first-order valence-corrected chi connectivity index (χ1v) is 15.4. The second kappa shape index (κ2) is 15.4. The normalized spacial score (nSPS) is 24.2. The first-order valence-electron chi connectivity index (χ1n) is 15.4. The Balaban J connectivity index is 1.80. The average molecular weight is 636 g/mol. The third-order valence-electron chi connectivity index (χ3n) is 7.10. The summed E-state index contributed by atoms with van der Waals surface area (Å²) in [6.07, 6.45) is -3.99. The van der Waals surface area contributed by atoms with Gasteiger partial charge in [-0.25, -0.2) is 4.79 Å². The van der Waals surface area contributed by atoms with Gasteiger partial charge in [-0.3, -0.25) is 14.4 Å². The third-order valence-corrected chi connectivity index (χ3v) is 7.10. The Hall–Kier alpha value is -3.26. The van der Waals surface area contributed by atoms with Crippen LogP contribution in [0, 0.1) is 5.92 Å². The topological polar surface area (TPSA) is 160 Å². The van der Waals surface area contributed by atoms with Gasteiger partial charge in [0.2, 0.25) is 11.8 Å². The van der Waals surface area contributed by atoms with E-state index in [0.29, 0.717) is 0 Å². The van der Waals surface area contributed by atoms with Crippen LogP contribution in [0.3, 0.4) is 0 Å². The Morgan fingerprint density at radius 2 is 1.62 bits per heavy atom. The Morgan fingerprint density at radius 3 is 2.22 bits per heavy atom. The maximum atomic E-state index is 13.7. The summed E-state index contributed by atoms with van der Waals surface area (Å²) >= 11 is 0. The molecule has 2 fully saturated rings. The van der Waals surface area contributed by atoms with Crippen molar-refractivity contribution in [2.24, 2.45) is 5.92 Å². The van der Waals surface area contributed by atoms with Crippen molar-refractivity contribution >= 4 is 23.9 Å². The molecule has 2 aliphatic rings. The number of fused-ring (bicyclic) bond motifs is 1. The van der Waals surface area contributed by atoms with Gasteiger partial charge >= 0.3 is 12.1 Å². The van der Waals surface area contributed by atoms with Crippen molar-refractivity contribution in [3.63, 3.8) is 0 Å². The predicted octanol–water partition coefficient (Wildman–Crippen LogP) is 2.94. The van der Waals surface area contributed by atoms with Crippen LogP contribution in [0.4, 0.5) is 4.79 Å². The molecular formula is C32H49N3O10. The minimum Gasteiger partial charge on any atom is -0.466 e. The lowest BCUT2D eigenvalue weighted by atomic mass is 9.98. The molecule has 13 heteroatoms. The largest absolute Gasteiger partial charge is 0.466 e. The molecule has 0 radical (unpaired) electrons. The van der Waals surface area contributed by atoms with Crippen LogP contribution >= 0.6 is 0 Å². The molecule has 7 atom stereocenters. The number of carbonyl (C=O) groups excluding carboxylic acids is 4. The van der Waals surface area contributed by atoms with E-state index in [9.17, 15) is 19.2 Å². The molecule has 0 aromatic heterocycles. The molecular weight excluding hydrogens is 586 g/mol. The van der Waals surface area contributed by atoms with Crippen LogP contribution in [0.2, 0.25) is 0 Å². The molecule has 0 spiro atoms. The highest BCUT2D eigenvalue weighted by Gasteiger charge is 2.57. The second-order valence-corrected chi connectivity index (χ2v) is 13.1.